The van der Waals surface area contributed by atoms with Crippen molar-refractivity contribution in [3.8, 4) is 0 Å². The lowest BCUT2D eigenvalue weighted by Gasteiger charge is -2.22. The molecule has 1 aliphatic carbocycles. The van der Waals surface area contributed by atoms with Crippen LogP contribution in [0.25, 0.3) is 0 Å². The van der Waals surface area contributed by atoms with E-state index in [2.05, 4.69) is 5.32 Å². The van der Waals surface area contributed by atoms with Gasteiger partial charge in [0.15, 0.2) is 5.76 Å². The molecule has 1 aromatic carbocycles. The molecule has 1 saturated carbocycles. The number of carbonyl (C=O) groups is 1. The first-order chi connectivity index (χ1) is 11.6. The van der Waals surface area contributed by atoms with Gasteiger partial charge in [-0.3, -0.25) is 9.00 Å². The highest BCUT2D eigenvalue weighted by Gasteiger charge is 2.19. The van der Waals surface area contributed by atoms with E-state index in [4.69, 9.17) is 4.42 Å². The minimum Gasteiger partial charge on any atom is -0.455 e. The van der Waals surface area contributed by atoms with E-state index in [1.54, 1.807) is 12.1 Å². The summed E-state index contributed by atoms with van der Waals surface area (Å²) in [5.74, 6) is 0.980. The van der Waals surface area contributed by atoms with Crippen LogP contribution in [0.15, 0.2) is 45.7 Å². The number of rotatable bonds is 5. The molecule has 1 heterocycles. The van der Waals surface area contributed by atoms with Gasteiger partial charge in [0.2, 0.25) is 0 Å². The van der Waals surface area contributed by atoms with Crippen molar-refractivity contribution in [2.45, 2.75) is 55.7 Å². The predicted octanol–water partition coefficient (Wildman–Crippen LogP) is 3.96. The van der Waals surface area contributed by atoms with E-state index in [1.807, 2.05) is 31.2 Å². The van der Waals surface area contributed by atoms with Crippen LogP contribution in [0.4, 0.5) is 0 Å². The number of benzene rings is 1. The molecule has 5 heteroatoms. The zero-order valence-corrected chi connectivity index (χ0v) is 14.7. The highest BCUT2D eigenvalue weighted by Crippen LogP contribution is 2.19. The number of amides is 1. The summed E-state index contributed by atoms with van der Waals surface area (Å²) in [7, 11) is -1.17. The van der Waals surface area contributed by atoms with E-state index < -0.39 is 10.8 Å². The Balaban J connectivity index is 1.59. The van der Waals surface area contributed by atoms with Crippen molar-refractivity contribution in [2.24, 2.45) is 0 Å². The van der Waals surface area contributed by atoms with Crippen LogP contribution < -0.4 is 5.32 Å². The van der Waals surface area contributed by atoms with E-state index in [0.717, 1.165) is 23.3 Å². The summed E-state index contributed by atoms with van der Waals surface area (Å²) in [6.07, 6.45) is 5.67. The number of nitrogens with one attached hydrogen (secondary N) is 1. The molecular weight excluding hydrogens is 322 g/mol. The van der Waals surface area contributed by atoms with Gasteiger partial charge in [-0.1, -0.05) is 37.0 Å². The van der Waals surface area contributed by atoms with Gasteiger partial charge in [0.25, 0.3) is 5.91 Å². The van der Waals surface area contributed by atoms with Crippen LogP contribution in [-0.4, -0.2) is 16.2 Å². The third-order valence-electron chi connectivity index (χ3n) is 4.38. The first-order valence-electron chi connectivity index (χ1n) is 8.46. The van der Waals surface area contributed by atoms with Gasteiger partial charge in [0.05, 0.1) is 16.6 Å². The van der Waals surface area contributed by atoms with Crippen molar-refractivity contribution >= 4 is 16.7 Å². The van der Waals surface area contributed by atoms with Gasteiger partial charge in [-0.15, -0.1) is 0 Å². The summed E-state index contributed by atoms with van der Waals surface area (Å²) in [6.45, 7) is 2.00. The molecule has 0 unspecified atom stereocenters. The van der Waals surface area contributed by atoms with E-state index in [9.17, 15) is 9.00 Å². The first-order valence-corrected chi connectivity index (χ1v) is 9.78. The van der Waals surface area contributed by atoms with Crippen molar-refractivity contribution in [3.63, 3.8) is 0 Å². The van der Waals surface area contributed by atoms with Gasteiger partial charge in [-0.05, 0) is 44.0 Å². The van der Waals surface area contributed by atoms with Gasteiger partial charge in [-0.2, -0.15) is 0 Å². The van der Waals surface area contributed by atoms with Gasteiger partial charge < -0.3 is 9.73 Å². The number of carbonyl (C=O) groups excluding carboxylic acids is 1. The standard InChI is InChI=1S/C19H23NO3S/c1-14-7-10-17(11-8-14)24(22)13-16-9-12-18(23-16)19(21)20-15-5-3-2-4-6-15/h7-12,15H,2-6,13H2,1H3,(H,20,21)/t24-/m0/s1. The van der Waals surface area contributed by atoms with Gasteiger partial charge in [0, 0.05) is 10.9 Å². The second kappa shape index (κ2) is 7.79. The second-order valence-electron chi connectivity index (χ2n) is 6.38. The average molecular weight is 345 g/mol. The maximum atomic E-state index is 12.4. The van der Waals surface area contributed by atoms with Crippen molar-refractivity contribution < 1.29 is 13.4 Å². The molecular formula is C19H23NO3S. The normalized spacial score (nSPS) is 16.7. The smallest absolute Gasteiger partial charge is 0.287 e. The second-order valence-corrected chi connectivity index (χ2v) is 7.83. The van der Waals surface area contributed by atoms with Gasteiger partial charge in [-0.25, -0.2) is 0 Å². The molecule has 0 bridgehead atoms. The van der Waals surface area contributed by atoms with Crippen molar-refractivity contribution in [1.82, 2.24) is 5.32 Å². The Kier molecular flexibility index (Phi) is 5.51. The molecule has 24 heavy (non-hydrogen) atoms. The Labute approximate surface area is 145 Å². The van der Waals surface area contributed by atoms with Crippen molar-refractivity contribution in [1.29, 1.82) is 0 Å². The van der Waals surface area contributed by atoms with Crippen LogP contribution in [0.5, 0.6) is 0 Å². The molecule has 1 atom stereocenters. The molecule has 1 N–H and O–H groups in total. The summed E-state index contributed by atoms with van der Waals surface area (Å²) in [5.41, 5.74) is 1.13. The molecule has 1 aliphatic rings. The van der Waals surface area contributed by atoms with E-state index >= 15 is 0 Å². The Bertz CT molecular complexity index is 714. The molecule has 0 saturated heterocycles. The molecule has 0 aliphatic heterocycles. The quantitative estimate of drug-likeness (QED) is 0.892. The van der Waals surface area contributed by atoms with Crippen LogP contribution in [0.1, 0.15) is 54.0 Å². The third kappa shape index (κ3) is 4.35. The van der Waals surface area contributed by atoms with E-state index in [1.165, 1.54) is 19.3 Å². The number of hydrogen-bond acceptors (Lipinski definition) is 3. The molecule has 0 radical (unpaired) electrons. The number of furan rings is 1. The van der Waals surface area contributed by atoms with Gasteiger partial charge >= 0.3 is 0 Å². The lowest BCUT2D eigenvalue weighted by molar-refractivity contribution is 0.0898. The summed E-state index contributed by atoms with van der Waals surface area (Å²) in [4.78, 5) is 13.0. The molecule has 4 nitrogen and oxygen atoms in total. The summed E-state index contributed by atoms with van der Waals surface area (Å²) >= 11 is 0. The minimum absolute atomic E-state index is 0.172. The number of hydrogen-bond donors (Lipinski definition) is 1. The van der Waals surface area contributed by atoms with Crippen LogP contribution in [0.3, 0.4) is 0 Å². The average Bonchev–Trinajstić information content (AvgIpc) is 3.05. The van der Waals surface area contributed by atoms with Crippen LogP contribution >= 0.6 is 0 Å². The van der Waals surface area contributed by atoms with Gasteiger partial charge in [0.1, 0.15) is 5.76 Å². The molecule has 1 aromatic heterocycles. The lowest BCUT2D eigenvalue weighted by atomic mass is 9.95. The Hall–Kier alpha value is -1.88. The third-order valence-corrected chi connectivity index (χ3v) is 5.73. The molecule has 3 rings (SSSR count). The molecule has 1 amide bonds. The fourth-order valence-corrected chi connectivity index (χ4v) is 4.00. The zero-order chi connectivity index (χ0) is 16.9. The fourth-order valence-electron chi connectivity index (χ4n) is 2.98. The molecule has 0 spiro atoms. The monoisotopic (exact) mass is 345 g/mol. The topological polar surface area (TPSA) is 59.3 Å². The molecule has 128 valence electrons. The highest BCUT2D eigenvalue weighted by molar-refractivity contribution is 7.84. The Morgan fingerprint density at radius 2 is 1.83 bits per heavy atom. The highest BCUT2D eigenvalue weighted by atomic mass is 32.2. The maximum absolute atomic E-state index is 12.4. The zero-order valence-electron chi connectivity index (χ0n) is 13.9. The summed E-state index contributed by atoms with van der Waals surface area (Å²) in [6, 6.07) is 11.3. The van der Waals surface area contributed by atoms with Crippen LogP contribution in [0, 0.1) is 6.92 Å². The lowest BCUT2D eigenvalue weighted by Crippen LogP contribution is -2.35. The predicted molar refractivity (Wildman–Crippen MR) is 94.3 cm³/mol. The first kappa shape index (κ1) is 17.0. The molecule has 1 fully saturated rings. The summed E-state index contributed by atoms with van der Waals surface area (Å²) < 4.78 is 18.0. The number of aryl methyl sites for hydroxylation is 1. The van der Waals surface area contributed by atoms with Crippen LogP contribution in [0.2, 0.25) is 0 Å². The van der Waals surface area contributed by atoms with E-state index in [0.29, 0.717) is 11.5 Å². The fraction of sp³-hybridized carbons (Fsp3) is 0.421. The van der Waals surface area contributed by atoms with E-state index in [-0.39, 0.29) is 17.7 Å². The van der Waals surface area contributed by atoms with Crippen LogP contribution in [-0.2, 0) is 16.6 Å². The SMILES string of the molecule is Cc1ccc([S@@](=O)Cc2ccc(C(=O)NC3CCCCC3)o2)cc1. The Morgan fingerprint density at radius 1 is 1.12 bits per heavy atom. The summed E-state index contributed by atoms with van der Waals surface area (Å²) in [5, 5.41) is 3.03. The largest absolute Gasteiger partial charge is 0.455 e. The maximum Gasteiger partial charge on any atom is 0.287 e. The Morgan fingerprint density at radius 3 is 2.54 bits per heavy atom. The molecule has 2 aromatic rings. The minimum atomic E-state index is -1.17. The van der Waals surface area contributed by atoms with Crippen molar-refractivity contribution in [3.05, 3.63) is 53.5 Å². The van der Waals surface area contributed by atoms with Crippen molar-refractivity contribution in [2.75, 3.05) is 0 Å².